The number of nitrogens with one attached hydrogen (secondary N) is 1. The highest BCUT2D eigenvalue weighted by molar-refractivity contribution is 7.91. The number of rotatable bonds is 9. The average molecular weight is 568 g/mol. The van der Waals surface area contributed by atoms with E-state index in [1.165, 1.54) is 34.9 Å². The standard InChI is InChI=1S/C27H33N7O3S2/c1-5-39(36,37)20-13-28-23(29-14-20)12-24(35)30-27-31-25-22(38-27)16-34(26(25)17(2)3)15-18-6-8-19(9-7-18)21-10-11-33(4)32-21/h6-9,13-14,17,26H,5,10-12,15-16H2,1-4H3,(H,30,31,35)/t26-/m0/s1. The maximum atomic E-state index is 12.6. The maximum Gasteiger partial charge on any atom is 0.233 e. The number of benzene rings is 1. The third-order valence-corrected chi connectivity index (χ3v) is 9.66. The van der Waals surface area contributed by atoms with Gasteiger partial charge in [-0.25, -0.2) is 23.4 Å². The van der Waals surface area contributed by atoms with Gasteiger partial charge in [0, 0.05) is 50.4 Å². The van der Waals surface area contributed by atoms with Crippen molar-refractivity contribution in [2.75, 3.05) is 24.7 Å². The Morgan fingerprint density at radius 1 is 1.18 bits per heavy atom. The van der Waals surface area contributed by atoms with E-state index in [9.17, 15) is 13.2 Å². The van der Waals surface area contributed by atoms with Crippen molar-refractivity contribution in [3.8, 4) is 0 Å². The predicted octanol–water partition coefficient (Wildman–Crippen LogP) is 3.66. The number of fused-ring (bicyclic) bond motifs is 1. The van der Waals surface area contributed by atoms with E-state index in [4.69, 9.17) is 4.98 Å². The minimum atomic E-state index is -3.38. The lowest BCUT2D eigenvalue weighted by Crippen LogP contribution is -2.26. The number of thiazole rings is 1. The number of aromatic nitrogens is 3. The number of hydrogen-bond acceptors (Lipinski definition) is 10. The third-order valence-electron chi connectivity index (χ3n) is 7.00. The van der Waals surface area contributed by atoms with E-state index >= 15 is 0 Å². The zero-order valence-electron chi connectivity index (χ0n) is 22.6. The summed E-state index contributed by atoms with van der Waals surface area (Å²) >= 11 is 1.50. The van der Waals surface area contributed by atoms with Gasteiger partial charge in [0.15, 0.2) is 15.0 Å². The van der Waals surface area contributed by atoms with Gasteiger partial charge < -0.3 is 5.32 Å². The molecule has 2 aromatic heterocycles. The van der Waals surface area contributed by atoms with Crippen molar-refractivity contribution in [3.63, 3.8) is 0 Å². The molecule has 0 saturated heterocycles. The van der Waals surface area contributed by atoms with Crippen molar-refractivity contribution >= 4 is 37.9 Å². The summed E-state index contributed by atoms with van der Waals surface area (Å²) in [5, 5.41) is 10.0. The molecule has 10 nitrogen and oxygen atoms in total. The van der Waals surface area contributed by atoms with Crippen molar-refractivity contribution in [1.82, 2.24) is 24.9 Å². The van der Waals surface area contributed by atoms with Crippen LogP contribution in [0.5, 0.6) is 0 Å². The van der Waals surface area contributed by atoms with Gasteiger partial charge in [-0.05, 0) is 17.0 Å². The van der Waals surface area contributed by atoms with Crippen LogP contribution in [0.2, 0.25) is 0 Å². The van der Waals surface area contributed by atoms with Gasteiger partial charge in [0.05, 0.1) is 29.6 Å². The number of nitrogens with zero attached hydrogens (tertiary/aromatic N) is 6. The summed E-state index contributed by atoms with van der Waals surface area (Å²) in [4.78, 5) is 29.2. The lowest BCUT2D eigenvalue weighted by Gasteiger charge is -2.27. The Balaban J connectivity index is 1.22. The van der Waals surface area contributed by atoms with Crippen LogP contribution in [0.4, 0.5) is 5.13 Å². The molecule has 0 fully saturated rings. The molecule has 1 amide bonds. The van der Waals surface area contributed by atoms with Crippen molar-refractivity contribution in [2.24, 2.45) is 11.0 Å². The summed E-state index contributed by atoms with van der Waals surface area (Å²) in [6.45, 7) is 8.52. The van der Waals surface area contributed by atoms with Crippen LogP contribution in [0.15, 0.2) is 46.7 Å². The lowest BCUT2D eigenvalue weighted by molar-refractivity contribution is -0.115. The lowest BCUT2D eigenvalue weighted by atomic mass is 10.0. The second-order valence-corrected chi connectivity index (χ2v) is 13.6. The summed E-state index contributed by atoms with van der Waals surface area (Å²) in [6.07, 6.45) is 3.42. The molecule has 4 heterocycles. The van der Waals surface area contributed by atoms with Crippen LogP contribution >= 0.6 is 11.3 Å². The van der Waals surface area contributed by atoms with Crippen LogP contribution in [0.3, 0.4) is 0 Å². The van der Waals surface area contributed by atoms with Crippen molar-refractivity contribution in [3.05, 3.63) is 64.2 Å². The van der Waals surface area contributed by atoms with Gasteiger partial charge in [0.2, 0.25) is 5.91 Å². The fourth-order valence-corrected chi connectivity index (χ4v) is 6.79. The van der Waals surface area contributed by atoms with Crippen LogP contribution < -0.4 is 5.32 Å². The summed E-state index contributed by atoms with van der Waals surface area (Å²) in [7, 11) is -1.38. The first kappa shape index (κ1) is 27.4. The molecular weight excluding hydrogens is 534 g/mol. The summed E-state index contributed by atoms with van der Waals surface area (Å²) in [5.41, 5.74) is 4.59. The zero-order valence-corrected chi connectivity index (χ0v) is 24.2. The molecule has 0 spiro atoms. The molecule has 12 heteroatoms. The fraction of sp³-hybridized carbons (Fsp3) is 0.444. The molecule has 206 valence electrons. The molecule has 5 rings (SSSR count). The number of hydrogen-bond donors (Lipinski definition) is 1. The van der Waals surface area contributed by atoms with Gasteiger partial charge in [0.25, 0.3) is 0 Å². The van der Waals surface area contributed by atoms with Crippen LogP contribution in [0, 0.1) is 5.92 Å². The van der Waals surface area contributed by atoms with Gasteiger partial charge in [-0.1, -0.05) is 45.0 Å². The van der Waals surface area contributed by atoms with Crippen LogP contribution in [-0.4, -0.2) is 64.2 Å². The van der Waals surface area contributed by atoms with E-state index in [0.717, 1.165) is 42.3 Å². The van der Waals surface area contributed by atoms with Crippen molar-refractivity contribution < 1.29 is 13.2 Å². The normalized spacial score (nSPS) is 17.5. The van der Waals surface area contributed by atoms with E-state index in [-0.39, 0.29) is 34.8 Å². The summed E-state index contributed by atoms with van der Waals surface area (Å²) < 4.78 is 23.9. The SMILES string of the molecule is CCS(=O)(=O)c1cnc(CC(=O)Nc2nc3c(s2)CN(Cc2ccc(C4=NN(C)CC4)cc2)[C@H]3C(C)C)nc1. The molecule has 0 saturated carbocycles. The fourth-order valence-electron chi connectivity index (χ4n) is 4.99. The second-order valence-electron chi connectivity index (χ2n) is 10.3. The van der Waals surface area contributed by atoms with Crippen LogP contribution in [0.1, 0.15) is 60.8 Å². The van der Waals surface area contributed by atoms with E-state index in [0.29, 0.717) is 11.0 Å². The largest absolute Gasteiger partial charge is 0.302 e. The molecule has 2 aliphatic heterocycles. The highest BCUT2D eigenvalue weighted by Crippen LogP contribution is 2.43. The Hall–Kier alpha value is -3.22. The zero-order chi connectivity index (χ0) is 27.7. The number of amides is 1. The maximum absolute atomic E-state index is 12.6. The summed E-state index contributed by atoms with van der Waals surface area (Å²) in [6, 6.07) is 8.85. The van der Waals surface area contributed by atoms with Gasteiger partial charge in [-0.15, -0.1) is 11.3 Å². The first-order valence-corrected chi connectivity index (χ1v) is 15.5. The molecule has 39 heavy (non-hydrogen) atoms. The molecule has 0 aliphatic carbocycles. The molecule has 1 N–H and O–H groups in total. The van der Waals surface area contributed by atoms with Gasteiger partial charge >= 0.3 is 0 Å². The third kappa shape index (κ3) is 6.02. The second kappa shape index (κ2) is 11.1. The molecular formula is C27H33N7O3S2. The Labute approximate surface area is 233 Å². The van der Waals surface area contributed by atoms with Gasteiger partial charge in [-0.3, -0.25) is 14.7 Å². The topological polar surface area (TPSA) is 121 Å². The molecule has 1 atom stereocenters. The Morgan fingerprint density at radius 2 is 1.90 bits per heavy atom. The smallest absolute Gasteiger partial charge is 0.233 e. The Kier molecular flexibility index (Phi) is 7.79. The Morgan fingerprint density at radius 3 is 2.51 bits per heavy atom. The molecule has 1 aromatic carbocycles. The monoisotopic (exact) mass is 567 g/mol. The number of anilines is 1. The summed E-state index contributed by atoms with van der Waals surface area (Å²) in [5.74, 6) is 0.298. The van der Waals surface area contributed by atoms with E-state index < -0.39 is 9.84 Å². The van der Waals surface area contributed by atoms with Crippen molar-refractivity contribution in [1.29, 1.82) is 0 Å². The molecule has 0 radical (unpaired) electrons. The molecule has 3 aromatic rings. The van der Waals surface area contributed by atoms with E-state index in [1.807, 2.05) is 12.1 Å². The number of hydrazone groups is 1. The minimum Gasteiger partial charge on any atom is -0.302 e. The Bertz CT molecular complexity index is 1480. The first-order chi connectivity index (χ1) is 18.6. The van der Waals surface area contributed by atoms with Crippen LogP contribution in [-0.2, 0) is 34.1 Å². The van der Waals surface area contributed by atoms with Gasteiger partial charge in [0.1, 0.15) is 10.7 Å². The van der Waals surface area contributed by atoms with Crippen molar-refractivity contribution in [2.45, 2.75) is 57.6 Å². The average Bonchev–Trinajstić information content (AvgIpc) is 3.58. The number of sulfone groups is 1. The van der Waals surface area contributed by atoms with E-state index in [2.05, 4.69) is 63.4 Å². The first-order valence-electron chi connectivity index (χ1n) is 13.1. The highest BCUT2D eigenvalue weighted by atomic mass is 32.2. The van der Waals surface area contributed by atoms with E-state index in [1.54, 1.807) is 6.92 Å². The molecule has 0 unspecified atom stereocenters. The molecule has 0 bridgehead atoms. The van der Waals surface area contributed by atoms with Gasteiger partial charge in [-0.2, -0.15) is 5.10 Å². The van der Waals surface area contributed by atoms with Crippen LogP contribution in [0.25, 0.3) is 0 Å². The minimum absolute atomic E-state index is 0.0276. The highest BCUT2D eigenvalue weighted by Gasteiger charge is 2.36. The quantitative estimate of drug-likeness (QED) is 0.416. The predicted molar refractivity (Wildman–Crippen MR) is 151 cm³/mol. The number of carbonyl (C=O) groups excluding carboxylic acids is 1. The number of carbonyl (C=O) groups is 1. The molecule has 2 aliphatic rings.